The van der Waals surface area contributed by atoms with E-state index in [1.54, 1.807) is 12.1 Å². The van der Waals surface area contributed by atoms with Gasteiger partial charge < -0.3 is 10.2 Å². The third-order valence-corrected chi connectivity index (χ3v) is 5.49. The number of hydrogen-bond acceptors (Lipinski definition) is 4. The molecule has 3 N–H and O–H groups in total. The molecule has 1 unspecified atom stereocenters. The van der Waals surface area contributed by atoms with Crippen molar-refractivity contribution >= 4 is 44.8 Å². The summed E-state index contributed by atoms with van der Waals surface area (Å²) in [5.41, 5.74) is 0.492. The van der Waals surface area contributed by atoms with Crippen LogP contribution >= 0.6 is 34.8 Å². The molecule has 0 heterocycles. The Labute approximate surface area is 154 Å². The quantitative estimate of drug-likeness (QED) is 0.677. The summed E-state index contributed by atoms with van der Waals surface area (Å²) in [6.45, 7) is -0.265. The highest BCUT2D eigenvalue weighted by atomic mass is 35.5. The molecule has 130 valence electrons. The highest BCUT2D eigenvalue weighted by Crippen LogP contribution is 2.32. The third kappa shape index (κ3) is 4.53. The normalized spacial score (nSPS) is 13.0. The number of aliphatic hydroxyl groups is 1. The number of hydrogen-bond donors (Lipinski definition) is 3. The number of halogens is 3. The van der Waals surface area contributed by atoms with E-state index >= 15 is 0 Å². The maximum Gasteiger partial charge on any atom is 0.244 e. The Kier molecular flexibility index (Phi) is 6.36. The predicted molar refractivity (Wildman–Crippen MR) is 94.3 cm³/mol. The van der Waals surface area contributed by atoms with Crippen molar-refractivity contribution in [2.75, 3.05) is 6.61 Å². The van der Waals surface area contributed by atoms with Gasteiger partial charge in [0.05, 0.1) is 5.02 Å². The topological polar surface area (TPSA) is 86.6 Å². The van der Waals surface area contributed by atoms with Gasteiger partial charge in [0.1, 0.15) is 4.90 Å². The van der Waals surface area contributed by atoms with Crippen molar-refractivity contribution in [3.05, 3.63) is 57.0 Å². The molecule has 5 nitrogen and oxygen atoms in total. The van der Waals surface area contributed by atoms with E-state index in [-0.39, 0.29) is 22.9 Å². The molecule has 1 atom stereocenters. The summed E-state index contributed by atoms with van der Waals surface area (Å²) in [6.07, 6.45) is 0.0945. The largest absolute Gasteiger partial charge is 0.505 e. The van der Waals surface area contributed by atoms with Crippen LogP contribution in [0.4, 0.5) is 0 Å². The van der Waals surface area contributed by atoms with Gasteiger partial charge in [-0.15, -0.1) is 0 Å². The second-order valence-corrected chi connectivity index (χ2v) is 7.94. The zero-order valence-electron chi connectivity index (χ0n) is 12.2. The molecule has 0 aliphatic rings. The second-order valence-electron chi connectivity index (χ2n) is 4.98. The van der Waals surface area contributed by atoms with Crippen LogP contribution in [0.15, 0.2) is 41.3 Å². The van der Waals surface area contributed by atoms with E-state index in [4.69, 9.17) is 34.8 Å². The summed E-state index contributed by atoms with van der Waals surface area (Å²) in [6, 6.07) is 7.84. The van der Waals surface area contributed by atoms with E-state index in [0.717, 1.165) is 0 Å². The molecule has 9 heteroatoms. The van der Waals surface area contributed by atoms with Gasteiger partial charge in [0.15, 0.2) is 5.75 Å². The van der Waals surface area contributed by atoms with Gasteiger partial charge in [-0.1, -0.05) is 40.9 Å². The summed E-state index contributed by atoms with van der Waals surface area (Å²) in [5.74, 6) is -0.543. The van der Waals surface area contributed by atoms with Gasteiger partial charge in [-0.2, -0.15) is 0 Å². The van der Waals surface area contributed by atoms with E-state index in [2.05, 4.69) is 4.72 Å². The lowest BCUT2D eigenvalue weighted by atomic mass is 10.1. The second kappa shape index (κ2) is 7.91. The Morgan fingerprint density at radius 3 is 2.29 bits per heavy atom. The molecule has 0 aliphatic carbocycles. The van der Waals surface area contributed by atoms with Crippen LogP contribution in [0.2, 0.25) is 15.1 Å². The molecule has 0 bridgehead atoms. The Morgan fingerprint density at radius 1 is 1.08 bits per heavy atom. The van der Waals surface area contributed by atoms with E-state index in [1.165, 1.54) is 24.3 Å². The summed E-state index contributed by atoms with van der Waals surface area (Å²) in [5, 5.41) is 19.7. The van der Waals surface area contributed by atoms with E-state index < -0.39 is 21.8 Å². The van der Waals surface area contributed by atoms with Crippen LogP contribution in [0.1, 0.15) is 18.0 Å². The van der Waals surface area contributed by atoms with Gasteiger partial charge in [-0.25, -0.2) is 13.1 Å². The number of para-hydroxylation sites is 1. The maximum absolute atomic E-state index is 12.6. The number of rotatable bonds is 6. The van der Waals surface area contributed by atoms with Crippen molar-refractivity contribution in [1.82, 2.24) is 4.72 Å². The smallest absolute Gasteiger partial charge is 0.244 e. The summed E-state index contributed by atoms with van der Waals surface area (Å²) in [4.78, 5) is -0.355. The van der Waals surface area contributed by atoms with Gasteiger partial charge in [-0.05, 0) is 42.3 Å². The van der Waals surface area contributed by atoms with Gasteiger partial charge in [0.25, 0.3) is 0 Å². The zero-order valence-corrected chi connectivity index (χ0v) is 15.3. The Balaban J connectivity index is 2.41. The molecule has 2 aromatic rings. The summed E-state index contributed by atoms with van der Waals surface area (Å²) < 4.78 is 27.5. The molecule has 0 aromatic heterocycles. The number of aliphatic hydroxyl groups excluding tert-OH is 1. The van der Waals surface area contributed by atoms with Gasteiger partial charge in [0, 0.05) is 22.7 Å². The number of aromatic hydroxyl groups is 1. The van der Waals surface area contributed by atoms with Crippen molar-refractivity contribution < 1.29 is 18.6 Å². The fourth-order valence-corrected chi connectivity index (χ4v) is 4.31. The number of nitrogens with one attached hydrogen (secondary N) is 1. The van der Waals surface area contributed by atoms with Crippen LogP contribution in [0.25, 0.3) is 0 Å². The standard InChI is InChI=1S/C15H14Cl3NO4S/c16-10-6-9(7-11(17)8-10)13(4-5-20)19-24(22,23)14-3-1-2-12(18)15(14)21/h1-3,6-8,13,19-21H,4-5H2. The summed E-state index contributed by atoms with van der Waals surface area (Å²) >= 11 is 17.7. The van der Waals surface area contributed by atoms with Crippen LogP contribution in [-0.4, -0.2) is 25.2 Å². The molecule has 24 heavy (non-hydrogen) atoms. The summed E-state index contributed by atoms with van der Waals surface area (Å²) in [7, 11) is -4.09. The van der Waals surface area contributed by atoms with Gasteiger partial charge in [0.2, 0.25) is 10.0 Å². The fraction of sp³-hybridized carbons (Fsp3) is 0.200. The minimum absolute atomic E-state index is 0.0811. The van der Waals surface area contributed by atoms with Crippen LogP contribution in [0.5, 0.6) is 5.75 Å². The lowest BCUT2D eigenvalue weighted by molar-refractivity contribution is 0.272. The van der Waals surface area contributed by atoms with Gasteiger partial charge >= 0.3 is 0 Å². The van der Waals surface area contributed by atoms with Crippen LogP contribution < -0.4 is 4.72 Å². The van der Waals surface area contributed by atoms with Crippen LogP contribution in [-0.2, 0) is 10.0 Å². The number of sulfonamides is 1. The molecule has 0 saturated heterocycles. The lowest BCUT2D eigenvalue weighted by Gasteiger charge is -2.19. The molecule has 0 spiro atoms. The zero-order chi connectivity index (χ0) is 17.9. The molecule has 0 fully saturated rings. The van der Waals surface area contributed by atoms with Crippen molar-refractivity contribution in [1.29, 1.82) is 0 Å². The van der Waals surface area contributed by atoms with E-state index in [0.29, 0.717) is 15.6 Å². The first-order valence-corrected chi connectivity index (χ1v) is 9.43. The molecule has 2 rings (SSSR count). The van der Waals surface area contributed by atoms with Crippen molar-refractivity contribution in [2.45, 2.75) is 17.4 Å². The average Bonchev–Trinajstić information content (AvgIpc) is 2.48. The first-order valence-electron chi connectivity index (χ1n) is 6.81. The molecule has 0 radical (unpaired) electrons. The number of phenols is 1. The number of benzene rings is 2. The first-order chi connectivity index (χ1) is 11.2. The van der Waals surface area contributed by atoms with Crippen LogP contribution in [0.3, 0.4) is 0 Å². The minimum Gasteiger partial charge on any atom is -0.505 e. The molecular formula is C15H14Cl3NO4S. The third-order valence-electron chi connectivity index (χ3n) is 3.24. The van der Waals surface area contributed by atoms with Crippen molar-refractivity contribution in [3.63, 3.8) is 0 Å². The molecule has 2 aromatic carbocycles. The maximum atomic E-state index is 12.6. The molecule has 0 saturated carbocycles. The Morgan fingerprint density at radius 2 is 1.71 bits per heavy atom. The molecule has 0 amide bonds. The highest BCUT2D eigenvalue weighted by Gasteiger charge is 2.25. The van der Waals surface area contributed by atoms with E-state index in [9.17, 15) is 18.6 Å². The lowest BCUT2D eigenvalue weighted by Crippen LogP contribution is -2.29. The number of phenolic OH excluding ortho intramolecular Hbond substituents is 1. The minimum atomic E-state index is -4.09. The SMILES string of the molecule is O=S(=O)(NC(CCO)c1cc(Cl)cc(Cl)c1)c1cccc(Cl)c1O. The fourth-order valence-electron chi connectivity index (χ4n) is 2.16. The van der Waals surface area contributed by atoms with Crippen molar-refractivity contribution in [3.8, 4) is 5.75 Å². The molecular weight excluding hydrogens is 397 g/mol. The molecule has 0 aliphatic heterocycles. The highest BCUT2D eigenvalue weighted by molar-refractivity contribution is 7.89. The predicted octanol–water partition coefficient (Wildman–Crippen LogP) is 3.75. The van der Waals surface area contributed by atoms with E-state index in [1.807, 2.05) is 0 Å². The monoisotopic (exact) mass is 409 g/mol. The Hall–Kier alpha value is -1.02. The first kappa shape index (κ1) is 19.3. The Bertz CT molecular complexity index is 822. The van der Waals surface area contributed by atoms with Crippen molar-refractivity contribution in [2.24, 2.45) is 0 Å². The van der Waals surface area contributed by atoms with Gasteiger partial charge in [-0.3, -0.25) is 0 Å². The average molecular weight is 411 g/mol. The van der Waals surface area contributed by atoms with Crippen LogP contribution in [0, 0.1) is 0 Å².